The molecule has 33 heavy (non-hydrogen) atoms. The van der Waals surface area contributed by atoms with E-state index in [0.29, 0.717) is 23.7 Å². The van der Waals surface area contributed by atoms with Crippen LogP contribution in [0.25, 0.3) is 33.4 Å². The summed E-state index contributed by atoms with van der Waals surface area (Å²) in [6.45, 7) is 1.84. The summed E-state index contributed by atoms with van der Waals surface area (Å²) in [4.78, 5) is 4.48. The highest BCUT2D eigenvalue weighted by atomic mass is 32.2. The van der Waals surface area contributed by atoms with Gasteiger partial charge in [-0.1, -0.05) is 37.3 Å². The fraction of sp³-hybridized carbons (Fsp3) is 0.231. The SMILES string of the molecule is CCCS(=O)(=O)Nc1ccc(-c2c(C#N)c3ccc(-c4ccccn4)cc3n2C2CC2)cc1. The van der Waals surface area contributed by atoms with E-state index in [-0.39, 0.29) is 5.75 Å². The Kier molecular flexibility index (Phi) is 5.39. The Labute approximate surface area is 193 Å². The zero-order chi connectivity index (χ0) is 23.0. The minimum absolute atomic E-state index is 0.0852. The van der Waals surface area contributed by atoms with Gasteiger partial charge in [-0.25, -0.2) is 8.42 Å². The average molecular weight is 457 g/mol. The lowest BCUT2D eigenvalue weighted by Crippen LogP contribution is -2.15. The number of anilines is 1. The molecule has 0 saturated heterocycles. The molecule has 1 N–H and O–H groups in total. The molecule has 2 aromatic heterocycles. The predicted octanol–water partition coefficient (Wildman–Crippen LogP) is 5.73. The Hall–Kier alpha value is -3.63. The molecule has 0 bridgehead atoms. The maximum Gasteiger partial charge on any atom is 0.232 e. The molecule has 4 aromatic rings. The van der Waals surface area contributed by atoms with Gasteiger partial charge in [-0.15, -0.1) is 0 Å². The van der Waals surface area contributed by atoms with Gasteiger partial charge in [-0.05, 0) is 55.2 Å². The third-order valence-electron chi connectivity index (χ3n) is 5.89. The van der Waals surface area contributed by atoms with Crippen LogP contribution in [-0.2, 0) is 10.0 Å². The number of hydrogen-bond donors (Lipinski definition) is 1. The number of rotatable bonds is 7. The number of sulfonamides is 1. The van der Waals surface area contributed by atoms with Gasteiger partial charge in [0.2, 0.25) is 10.0 Å². The van der Waals surface area contributed by atoms with Gasteiger partial charge >= 0.3 is 0 Å². The number of hydrogen-bond acceptors (Lipinski definition) is 4. The number of pyridine rings is 1. The zero-order valence-corrected chi connectivity index (χ0v) is 19.1. The van der Waals surface area contributed by atoms with Gasteiger partial charge in [-0.3, -0.25) is 9.71 Å². The highest BCUT2D eigenvalue weighted by Gasteiger charge is 2.30. The molecule has 0 amide bonds. The zero-order valence-electron chi connectivity index (χ0n) is 18.3. The summed E-state index contributed by atoms with van der Waals surface area (Å²) < 4.78 is 29.1. The molecule has 7 heteroatoms. The first-order valence-corrected chi connectivity index (χ1v) is 12.8. The molecule has 6 nitrogen and oxygen atoms in total. The van der Waals surface area contributed by atoms with E-state index in [1.165, 1.54) is 0 Å². The van der Waals surface area contributed by atoms with E-state index in [0.717, 1.165) is 46.3 Å². The van der Waals surface area contributed by atoms with Crippen LogP contribution in [-0.4, -0.2) is 23.7 Å². The highest BCUT2D eigenvalue weighted by molar-refractivity contribution is 7.92. The van der Waals surface area contributed by atoms with E-state index in [4.69, 9.17) is 0 Å². The second kappa shape index (κ2) is 8.38. The van der Waals surface area contributed by atoms with E-state index >= 15 is 0 Å². The van der Waals surface area contributed by atoms with E-state index in [1.807, 2.05) is 49.4 Å². The lowest BCUT2D eigenvalue weighted by atomic mass is 10.0. The topological polar surface area (TPSA) is 87.8 Å². The molecule has 2 heterocycles. The van der Waals surface area contributed by atoms with Gasteiger partial charge in [-0.2, -0.15) is 5.26 Å². The molecule has 1 aliphatic carbocycles. The molecule has 1 saturated carbocycles. The molecule has 5 rings (SSSR count). The molecule has 166 valence electrons. The fourth-order valence-corrected chi connectivity index (χ4v) is 5.44. The highest BCUT2D eigenvalue weighted by Crippen LogP contribution is 2.45. The van der Waals surface area contributed by atoms with Gasteiger partial charge < -0.3 is 4.57 Å². The summed E-state index contributed by atoms with van der Waals surface area (Å²) in [6.07, 6.45) is 4.48. The van der Waals surface area contributed by atoms with Gasteiger partial charge in [0.1, 0.15) is 6.07 Å². The molecule has 0 aliphatic heterocycles. The van der Waals surface area contributed by atoms with Crippen LogP contribution in [0.5, 0.6) is 0 Å². The van der Waals surface area contributed by atoms with Crippen molar-refractivity contribution in [1.29, 1.82) is 5.26 Å². The maximum absolute atomic E-state index is 12.1. The standard InChI is InChI=1S/C26H24N4O2S/c1-2-15-33(31,32)29-20-9-6-18(7-10-20)26-23(17-27)22-13-8-19(24-5-3-4-14-28-24)16-25(22)30(26)21-11-12-21/h3-10,13-14,16,21,29H,2,11-12,15H2,1H3. The summed E-state index contributed by atoms with van der Waals surface area (Å²) in [5.41, 5.74) is 5.88. The average Bonchev–Trinajstić information content (AvgIpc) is 3.60. The Morgan fingerprint density at radius 2 is 1.85 bits per heavy atom. The van der Waals surface area contributed by atoms with Gasteiger partial charge in [0, 0.05) is 28.9 Å². The first kappa shape index (κ1) is 21.2. The molecule has 0 atom stereocenters. The largest absolute Gasteiger partial charge is 0.336 e. The first-order chi connectivity index (χ1) is 16.0. The van der Waals surface area contributed by atoms with Crippen LogP contribution >= 0.6 is 0 Å². The van der Waals surface area contributed by atoms with Crippen LogP contribution < -0.4 is 4.72 Å². The van der Waals surface area contributed by atoms with Crippen LogP contribution in [0, 0.1) is 11.3 Å². The lowest BCUT2D eigenvalue weighted by Gasteiger charge is -2.12. The van der Waals surface area contributed by atoms with Crippen molar-refractivity contribution in [2.24, 2.45) is 0 Å². The van der Waals surface area contributed by atoms with Crippen molar-refractivity contribution in [3.8, 4) is 28.6 Å². The van der Waals surface area contributed by atoms with Gasteiger partial charge in [0.05, 0.1) is 28.2 Å². The molecular weight excluding hydrogens is 432 g/mol. The second-order valence-electron chi connectivity index (χ2n) is 8.38. The molecule has 0 radical (unpaired) electrons. The normalized spacial score (nSPS) is 13.7. The van der Waals surface area contributed by atoms with Crippen LogP contribution in [0.2, 0.25) is 0 Å². The monoisotopic (exact) mass is 456 g/mol. The van der Waals surface area contributed by atoms with Gasteiger partial charge in [0.15, 0.2) is 0 Å². The number of benzene rings is 2. The summed E-state index contributed by atoms with van der Waals surface area (Å²) in [5, 5.41) is 11.0. The summed E-state index contributed by atoms with van der Waals surface area (Å²) >= 11 is 0. The Balaban J connectivity index is 1.62. The number of nitrogens with zero attached hydrogens (tertiary/aromatic N) is 3. The lowest BCUT2D eigenvalue weighted by molar-refractivity contribution is 0.600. The van der Waals surface area contributed by atoms with Crippen molar-refractivity contribution in [2.75, 3.05) is 10.5 Å². The Morgan fingerprint density at radius 3 is 2.48 bits per heavy atom. The van der Waals surface area contributed by atoms with E-state index in [1.54, 1.807) is 18.3 Å². The van der Waals surface area contributed by atoms with E-state index in [9.17, 15) is 13.7 Å². The molecule has 0 spiro atoms. The van der Waals surface area contributed by atoms with Crippen molar-refractivity contribution in [3.05, 3.63) is 72.4 Å². The predicted molar refractivity (Wildman–Crippen MR) is 131 cm³/mol. The second-order valence-corrected chi connectivity index (χ2v) is 10.2. The Morgan fingerprint density at radius 1 is 1.09 bits per heavy atom. The van der Waals surface area contributed by atoms with E-state index < -0.39 is 10.0 Å². The maximum atomic E-state index is 12.1. The van der Waals surface area contributed by atoms with Crippen LogP contribution in [0.1, 0.15) is 37.8 Å². The minimum Gasteiger partial charge on any atom is -0.336 e. The summed E-state index contributed by atoms with van der Waals surface area (Å²) in [6, 6.07) is 22.1. The third kappa shape index (κ3) is 4.10. The molecule has 1 aliphatic rings. The summed E-state index contributed by atoms with van der Waals surface area (Å²) in [7, 11) is -3.35. The van der Waals surface area contributed by atoms with Gasteiger partial charge in [0.25, 0.3) is 0 Å². The van der Waals surface area contributed by atoms with Crippen molar-refractivity contribution < 1.29 is 8.42 Å². The van der Waals surface area contributed by atoms with Crippen LogP contribution in [0.4, 0.5) is 5.69 Å². The van der Waals surface area contributed by atoms with E-state index in [2.05, 4.69) is 26.4 Å². The summed E-state index contributed by atoms with van der Waals surface area (Å²) in [5.74, 6) is 0.0852. The van der Waals surface area contributed by atoms with Crippen molar-refractivity contribution in [1.82, 2.24) is 9.55 Å². The van der Waals surface area contributed by atoms with Crippen molar-refractivity contribution in [3.63, 3.8) is 0 Å². The minimum atomic E-state index is -3.35. The van der Waals surface area contributed by atoms with Crippen molar-refractivity contribution in [2.45, 2.75) is 32.2 Å². The Bertz CT molecular complexity index is 1460. The molecule has 2 aromatic carbocycles. The molecule has 1 fully saturated rings. The first-order valence-electron chi connectivity index (χ1n) is 11.1. The number of nitrogens with one attached hydrogen (secondary N) is 1. The molecular formula is C26H24N4O2S. The quantitative estimate of drug-likeness (QED) is 0.385. The number of fused-ring (bicyclic) bond motifs is 1. The van der Waals surface area contributed by atoms with Crippen LogP contribution in [0.15, 0.2) is 66.9 Å². The molecule has 0 unspecified atom stereocenters. The fourth-order valence-electron chi connectivity index (χ4n) is 4.31. The van der Waals surface area contributed by atoms with Crippen molar-refractivity contribution >= 4 is 26.6 Å². The number of nitriles is 1. The smallest absolute Gasteiger partial charge is 0.232 e. The third-order valence-corrected chi connectivity index (χ3v) is 7.39. The van der Waals surface area contributed by atoms with Crippen LogP contribution in [0.3, 0.4) is 0 Å². The number of aromatic nitrogens is 2.